The summed E-state index contributed by atoms with van der Waals surface area (Å²) in [5.41, 5.74) is -0.273. The minimum Gasteiger partial charge on any atom is -0.477 e. The van der Waals surface area contributed by atoms with E-state index in [1.165, 1.54) is 0 Å². The first-order valence-electron chi connectivity index (χ1n) is 7.99. The Kier molecular flexibility index (Phi) is 7.27. The molecule has 2 aromatic rings. The fourth-order valence-corrected chi connectivity index (χ4v) is 2.45. The summed E-state index contributed by atoms with van der Waals surface area (Å²) < 4.78 is 45.6. The number of aromatic nitrogens is 2. The molecule has 0 amide bonds. The van der Waals surface area contributed by atoms with Crippen molar-refractivity contribution in [3.8, 4) is 5.88 Å². The SMILES string of the molecule is CCCCCCOc1nc(Nc2ccc(I)cc2)ncc1C(F)(F)F. The van der Waals surface area contributed by atoms with Gasteiger partial charge in [-0.05, 0) is 53.3 Å². The Bertz CT molecular complexity index is 678. The molecule has 2 rings (SSSR count). The number of anilines is 2. The van der Waals surface area contributed by atoms with E-state index in [2.05, 4.69) is 44.8 Å². The van der Waals surface area contributed by atoms with Gasteiger partial charge in [-0.2, -0.15) is 18.2 Å². The van der Waals surface area contributed by atoms with Gasteiger partial charge in [0.25, 0.3) is 0 Å². The first-order chi connectivity index (χ1) is 11.9. The van der Waals surface area contributed by atoms with Crippen LogP contribution in [0.1, 0.15) is 38.2 Å². The fraction of sp³-hybridized carbons (Fsp3) is 0.412. The number of rotatable bonds is 8. The second-order valence-corrected chi connectivity index (χ2v) is 6.70. The van der Waals surface area contributed by atoms with Crippen molar-refractivity contribution < 1.29 is 17.9 Å². The molecule has 1 aromatic heterocycles. The van der Waals surface area contributed by atoms with Gasteiger partial charge in [-0.3, -0.25) is 0 Å². The fourth-order valence-electron chi connectivity index (χ4n) is 2.09. The van der Waals surface area contributed by atoms with Gasteiger partial charge in [-0.25, -0.2) is 4.98 Å². The molecule has 25 heavy (non-hydrogen) atoms. The van der Waals surface area contributed by atoms with Crippen molar-refractivity contribution in [1.29, 1.82) is 0 Å². The highest BCUT2D eigenvalue weighted by Gasteiger charge is 2.36. The van der Waals surface area contributed by atoms with Crippen LogP contribution in [0.5, 0.6) is 5.88 Å². The summed E-state index contributed by atoms with van der Waals surface area (Å²) >= 11 is 2.17. The Morgan fingerprint density at radius 2 is 1.84 bits per heavy atom. The second-order valence-electron chi connectivity index (χ2n) is 5.45. The summed E-state index contributed by atoms with van der Waals surface area (Å²) in [5, 5.41) is 2.89. The Morgan fingerprint density at radius 1 is 1.12 bits per heavy atom. The lowest BCUT2D eigenvalue weighted by Crippen LogP contribution is -2.13. The number of nitrogens with one attached hydrogen (secondary N) is 1. The number of benzene rings is 1. The molecule has 0 saturated carbocycles. The minimum atomic E-state index is -4.56. The molecule has 0 aliphatic carbocycles. The van der Waals surface area contributed by atoms with Gasteiger partial charge in [0, 0.05) is 15.5 Å². The molecule has 0 atom stereocenters. The molecule has 4 nitrogen and oxygen atoms in total. The van der Waals surface area contributed by atoms with E-state index in [9.17, 15) is 13.2 Å². The van der Waals surface area contributed by atoms with E-state index < -0.39 is 17.6 Å². The van der Waals surface area contributed by atoms with Crippen LogP contribution in [0, 0.1) is 3.57 Å². The highest BCUT2D eigenvalue weighted by Crippen LogP contribution is 2.35. The van der Waals surface area contributed by atoms with Crippen LogP contribution in [-0.2, 0) is 6.18 Å². The van der Waals surface area contributed by atoms with Crippen molar-refractivity contribution >= 4 is 34.2 Å². The number of hydrogen-bond donors (Lipinski definition) is 1. The van der Waals surface area contributed by atoms with Crippen LogP contribution >= 0.6 is 22.6 Å². The third-order valence-corrected chi connectivity index (χ3v) is 4.12. The van der Waals surface area contributed by atoms with Crippen LogP contribution in [0.15, 0.2) is 30.5 Å². The average molecular weight is 465 g/mol. The molecule has 0 aliphatic rings. The number of hydrogen-bond acceptors (Lipinski definition) is 4. The van der Waals surface area contributed by atoms with Gasteiger partial charge in [-0.1, -0.05) is 26.2 Å². The van der Waals surface area contributed by atoms with Crippen LogP contribution < -0.4 is 10.1 Å². The highest BCUT2D eigenvalue weighted by atomic mass is 127. The molecule has 0 bridgehead atoms. The van der Waals surface area contributed by atoms with Crippen LogP contribution in [0.3, 0.4) is 0 Å². The second kappa shape index (κ2) is 9.21. The molecular formula is C17H19F3IN3O. The lowest BCUT2D eigenvalue weighted by atomic mass is 10.2. The average Bonchev–Trinajstić information content (AvgIpc) is 2.56. The van der Waals surface area contributed by atoms with Crippen LogP contribution in [0.2, 0.25) is 0 Å². The van der Waals surface area contributed by atoms with Gasteiger partial charge in [0.15, 0.2) is 0 Å². The summed E-state index contributed by atoms with van der Waals surface area (Å²) in [6.45, 7) is 2.26. The minimum absolute atomic E-state index is 0.0674. The van der Waals surface area contributed by atoms with Crippen molar-refractivity contribution in [2.24, 2.45) is 0 Å². The normalized spacial score (nSPS) is 11.4. The summed E-state index contributed by atoms with van der Waals surface area (Å²) in [7, 11) is 0. The molecule has 0 radical (unpaired) electrons. The monoisotopic (exact) mass is 465 g/mol. The summed E-state index contributed by atoms with van der Waals surface area (Å²) in [6, 6.07) is 7.35. The molecule has 1 aromatic carbocycles. The first-order valence-corrected chi connectivity index (χ1v) is 9.07. The largest absolute Gasteiger partial charge is 0.477 e. The Hall–Kier alpha value is -1.58. The highest BCUT2D eigenvalue weighted by molar-refractivity contribution is 14.1. The lowest BCUT2D eigenvalue weighted by Gasteiger charge is -2.14. The van der Waals surface area contributed by atoms with Crippen molar-refractivity contribution in [1.82, 2.24) is 9.97 Å². The van der Waals surface area contributed by atoms with Gasteiger partial charge >= 0.3 is 6.18 Å². The zero-order valence-electron chi connectivity index (χ0n) is 13.7. The molecule has 8 heteroatoms. The quantitative estimate of drug-likeness (QED) is 0.396. The van der Waals surface area contributed by atoms with E-state index in [-0.39, 0.29) is 12.6 Å². The lowest BCUT2D eigenvalue weighted by molar-refractivity contribution is -0.139. The zero-order valence-corrected chi connectivity index (χ0v) is 15.9. The molecular weight excluding hydrogens is 446 g/mol. The maximum Gasteiger partial charge on any atom is 0.423 e. The Morgan fingerprint density at radius 3 is 2.48 bits per heavy atom. The van der Waals surface area contributed by atoms with E-state index in [1.54, 1.807) is 12.1 Å². The smallest absolute Gasteiger partial charge is 0.423 e. The van der Waals surface area contributed by atoms with Crippen molar-refractivity contribution in [3.05, 3.63) is 39.6 Å². The topological polar surface area (TPSA) is 47.0 Å². The van der Waals surface area contributed by atoms with Crippen LogP contribution in [-0.4, -0.2) is 16.6 Å². The molecule has 136 valence electrons. The standard InChI is InChI=1S/C17H19F3IN3O/c1-2-3-4-5-10-25-15-14(17(18,19)20)11-22-16(24-15)23-13-8-6-12(21)7-9-13/h6-9,11H,2-5,10H2,1H3,(H,22,23,24). The van der Waals surface area contributed by atoms with Crippen molar-refractivity contribution in [3.63, 3.8) is 0 Å². The van der Waals surface area contributed by atoms with Crippen LogP contribution in [0.4, 0.5) is 24.8 Å². The van der Waals surface area contributed by atoms with E-state index in [0.29, 0.717) is 12.1 Å². The van der Waals surface area contributed by atoms with Crippen LogP contribution in [0.25, 0.3) is 0 Å². The molecule has 1 heterocycles. The maximum absolute atomic E-state index is 13.1. The third-order valence-electron chi connectivity index (χ3n) is 3.40. The van der Waals surface area contributed by atoms with Gasteiger partial charge in [0.1, 0.15) is 5.56 Å². The van der Waals surface area contributed by atoms with Gasteiger partial charge in [-0.15, -0.1) is 0 Å². The van der Waals surface area contributed by atoms with E-state index in [4.69, 9.17) is 4.74 Å². The molecule has 0 unspecified atom stereocenters. The number of halogens is 4. The van der Waals surface area contributed by atoms with Gasteiger partial charge in [0.05, 0.1) is 6.61 Å². The van der Waals surface area contributed by atoms with Gasteiger partial charge in [0.2, 0.25) is 11.8 Å². The van der Waals surface area contributed by atoms with E-state index >= 15 is 0 Å². The maximum atomic E-state index is 13.1. The number of ether oxygens (including phenoxy) is 1. The molecule has 0 saturated heterocycles. The van der Waals surface area contributed by atoms with Crippen molar-refractivity contribution in [2.75, 3.05) is 11.9 Å². The predicted octanol–water partition coefficient (Wildman–Crippen LogP) is 5.80. The van der Waals surface area contributed by atoms with E-state index in [0.717, 1.165) is 29.0 Å². The predicted molar refractivity (Wildman–Crippen MR) is 99.1 cm³/mol. The Labute approximate surface area is 158 Å². The summed E-state index contributed by atoms with van der Waals surface area (Å²) in [5.74, 6) is -0.371. The molecule has 0 spiro atoms. The Balaban J connectivity index is 2.13. The summed E-state index contributed by atoms with van der Waals surface area (Å²) in [4.78, 5) is 7.67. The van der Waals surface area contributed by atoms with E-state index in [1.807, 2.05) is 12.1 Å². The molecule has 0 fully saturated rings. The number of unbranched alkanes of at least 4 members (excludes halogenated alkanes) is 3. The zero-order chi connectivity index (χ0) is 18.3. The third kappa shape index (κ3) is 6.33. The van der Waals surface area contributed by atoms with Crippen molar-refractivity contribution in [2.45, 2.75) is 38.8 Å². The van der Waals surface area contributed by atoms with Gasteiger partial charge < -0.3 is 10.1 Å². The summed E-state index contributed by atoms with van der Waals surface area (Å²) in [6.07, 6.45) is -0.125. The molecule has 1 N–H and O–H groups in total. The molecule has 0 aliphatic heterocycles. The first kappa shape index (κ1) is 19.7. The number of alkyl halides is 3. The number of nitrogens with zero attached hydrogens (tertiary/aromatic N) is 2.